The van der Waals surface area contributed by atoms with Crippen LogP contribution < -0.4 is 5.32 Å². The molecule has 4 nitrogen and oxygen atoms in total. The summed E-state index contributed by atoms with van der Waals surface area (Å²) in [6.07, 6.45) is -0.235. The average molecular weight is 351 g/mol. The van der Waals surface area contributed by atoms with Gasteiger partial charge in [0.1, 0.15) is 6.10 Å². The number of anilines is 1. The van der Waals surface area contributed by atoms with Crippen molar-refractivity contribution in [3.63, 3.8) is 0 Å². The van der Waals surface area contributed by atoms with Crippen LogP contribution in [0.1, 0.15) is 11.7 Å². The van der Waals surface area contributed by atoms with Crippen molar-refractivity contribution in [2.75, 3.05) is 25.0 Å². The molecule has 0 saturated carbocycles. The second kappa shape index (κ2) is 7.21. The molecule has 0 spiro atoms. The van der Waals surface area contributed by atoms with E-state index in [1.165, 1.54) is 0 Å². The van der Waals surface area contributed by atoms with Gasteiger partial charge in [0.05, 0.1) is 13.2 Å². The van der Waals surface area contributed by atoms with E-state index in [0.29, 0.717) is 29.7 Å². The number of morpholine rings is 1. The molecule has 3 rings (SSSR count). The van der Waals surface area contributed by atoms with Gasteiger partial charge in [0.2, 0.25) is 0 Å². The van der Waals surface area contributed by atoms with E-state index >= 15 is 0 Å². The zero-order valence-electron chi connectivity index (χ0n) is 12.3. The summed E-state index contributed by atoms with van der Waals surface area (Å²) in [4.78, 5) is 14.1. The molecule has 2 aromatic carbocycles. The molecule has 2 amide bonds. The average Bonchev–Trinajstić information content (AvgIpc) is 2.55. The molecule has 2 aromatic rings. The van der Waals surface area contributed by atoms with Crippen LogP contribution in [0.4, 0.5) is 10.5 Å². The van der Waals surface area contributed by atoms with E-state index in [4.69, 9.17) is 27.9 Å². The zero-order chi connectivity index (χ0) is 16.2. The summed E-state index contributed by atoms with van der Waals surface area (Å²) in [6, 6.07) is 14.5. The number of carbonyl (C=O) groups excluding carboxylic acids is 1. The fourth-order valence-corrected chi connectivity index (χ4v) is 3.06. The fourth-order valence-electron chi connectivity index (χ4n) is 2.52. The summed E-state index contributed by atoms with van der Waals surface area (Å²) in [5.74, 6) is 0. The molecule has 1 aliphatic rings. The maximum Gasteiger partial charge on any atom is 0.322 e. The number of carbonyl (C=O) groups is 1. The van der Waals surface area contributed by atoms with Crippen LogP contribution in [0, 0.1) is 0 Å². The van der Waals surface area contributed by atoms with Gasteiger partial charge in [-0.25, -0.2) is 4.79 Å². The minimum absolute atomic E-state index is 0.141. The molecule has 1 saturated heterocycles. The molecule has 0 radical (unpaired) electrons. The van der Waals surface area contributed by atoms with Crippen LogP contribution in [0.15, 0.2) is 48.5 Å². The van der Waals surface area contributed by atoms with Gasteiger partial charge in [0, 0.05) is 22.3 Å². The van der Waals surface area contributed by atoms with E-state index in [2.05, 4.69) is 5.32 Å². The predicted molar refractivity (Wildman–Crippen MR) is 92.2 cm³/mol. The molecule has 1 unspecified atom stereocenters. The highest BCUT2D eigenvalue weighted by Crippen LogP contribution is 2.28. The summed E-state index contributed by atoms with van der Waals surface area (Å²) < 4.78 is 5.77. The molecule has 0 aromatic heterocycles. The van der Waals surface area contributed by atoms with E-state index in [-0.39, 0.29) is 12.1 Å². The third-order valence-electron chi connectivity index (χ3n) is 3.64. The van der Waals surface area contributed by atoms with Crippen LogP contribution in [0.5, 0.6) is 0 Å². The Bertz CT molecular complexity index is 674. The second-order valence-corrected chi connectivity index (χ2v) is 6.18. The highest BCUT2D eigenvalue weighted by atomic mass is 35.5. The van der Waals surface area contributed by atoms with Crippen molar-refractivity contribution in [2.24, 2.45) is 0 Å². The lowest BCUT2D eigenvalue weighted by atomic mass is 10.1. The number of nitrogens with one attached hydrogen (secondary N) is 1. The van der Waals surface area contributed by atoms with Crippen molar-refractivity contribution >= 4 is 34.9 Å². The lowest BCUT2D eigenvalue weighted by molar-refractivity contribution is -0.0134. The van der Waals surface area contributed by atoms with Crippen molar-refractivity contribution in [2.45, 2.75) is 6.10 Å². The van der Waals surface area contributed by atoms with Crippen LogP contribution in [0.25, 0.3) is 0 Å². The van der Waals surface area contributed by atoms with Crippen molar-refractivity contribution in [3.8, 4) is 0 Å². The van der Waals surface area contributed by atoms with Gasteiger partial charge in [-0.15, -0.1) is 0 Å². The first kappa shape index (κ1) is 16.1. The van der Waals surface area contributed by atoms with Crippen LogP contribution >= 0.6 is 23.2 Å². The molecular formula is C17H16Cl2N2O2. The number of rotatable bonds is 2. The minimum atomic E-state index is -0.235. The smallest absolute Gasteiger partial charge is 0.322 e. The quantitative estimate of drug-likeness (QED) is 0.859. The Kier molecular flexibility index (Phi) is 5.06. The Morgan fingerprint density at radius 3 is 2.52 bits per heavy atom. The van der Waals surface area contributed by atoms with Gasteiger partial charge >= 0.3 is 6.03 Å². The summed E-state index contributed by atoms with van der Waals surface area (Å²) in [6.45, 7) is 1.47. The number of para-hydroxylation sites is 1. The van der Waals surface area contributed by atoms with Gasteiger partial charge in [-0.2, -0.15) is 0 Å². The first-order valence-corrected chi connectivity index (χ1v) is 8.06. The zero-order valence-corrected chi connectivity index (χ0v) is 13.8. The van der Waals surface area contributed by atoms with E-state index < -0.39 is 0 Å². The summed E-state index contributed by atoms with van der Waals surface area (Å²) in [7, 11) is 0. The molecule has 120 valence electrons. The van der Waals surface area contributed by atoms with E-state index in [0.717, 1.165) is 11.3 Å². The minimum Gasteiger partial charge on any atom is -0.370 e. The first-order chi connectivity index (χ1) is 11.1. The van der Waals surface area contributed by atoms with Crippen molar-refractivity contribution in [1.29, 1.82) is 0 Å². The van der Waals surface area contributed by atoms with E-state index in [1.807, 2.05) is 42.5 Å². The van der Waals surface area contributed by atoms with Crippen LogP contribution in [0.3, 0.4) is 0 Å². The van der Waals surface area contributed by atoms with Crippen molar-refractivity contribution < 1.29 is 9.53 Å². The van der Waals surface area contributed by atoms with E-state index in [1.54, 1.807) is 11.0 Å². The van der Waals surface area contributed by atoms with Crippen LogP contribution in [0.2, 0.25) is 10.0 Å². The summed E-state index contributed by atoms with van der Waals surface area (Å²) in [5.41, 5.74) is 1.64. The Balaban J connectivity index is 1.69. The molecule has 0 bridgehead atoms. The molecule has 6 heteroatoms. The highest BCUT2D eigenvalue weighted by Gasteiger charge is 2.26. The largest absolute Gasteiger partial charge is 0.370 e. The topological polar surface area (TPSA) is 41.6 Å². The number of amides is 2. The number of urea groups is 1. The van der Waals surface area contributed by atoms with Gasteiger partial charge in [-0.3, -0.25) is 0 Å². The number of hydrogen-bond donors (Lipinski definition) is 1. The number of hydrogen-bond acceptors (Lipinski definition) is 2. The molecule has 1 N–H and O–H groups in total. The number of benzene rings is 2. The lowest BCUT2D eigenvalue weighted by Crippen LogP contribution is -2.44. The number of nitrogens with zero attached hydrogens (tertiary/aromatic N) is 1. The highest BCUT2D eigenvalue weighted by molar-refractivity contribution is 6.34. The normalized spacial score (nSPS) is 17.8. The number of ether oxygens (including phenoxy) is 1. The fraction of sp³-hybridized carbons (Fsp3) is 0.235. The molecule has 23 heavy (non-hydrogen) atoms. The van der Waals surface area contributed by atoms with Crippen LogP contribution in [-0.2, 0) is 4.74 Å². The van der Waals surface area contributed by atoms with Gasteiger partial charge < -0.3 is 15.0 Å². The monoisotopic (exact) mass is 350 g/mol. The predicted octanol–water partition coefficient (Wildman–Crippen LogP) is 4.60. The Morgan fingerprint density at radius 2 is 1.83 bits per heavy atom. The third kappa shape index (κ3) is 4.16. The Labute approximate surface area is 144 Å². The molecular weight excluding hydrogens is 335 g/mol. The third-order valence-corrected chi connectivity index (χ3v) is 4.07. The molecule has 1 heterocycles. The second-order valence-electron chi connectivity index (χ2n) is 5.30. The van der Waals surface area contributed by atoms with Crippen LogP contribution in [-0.4, -0.2) is 30.6 Å². The SMILES string of the molecule is O=C(Nc1ccccc1)N1CCOC(c2cc(Cl)cc(Cl)c2)C1. The molecule has 1 atom stereocenters. The van der Waals surface area contributed by atoms with Gasteiger partial charge in [0.15, 0.2) is 0 Å². The molecule has 1 aliphatic heterocycles. The van der Waals surface area contributed by atoms with Gasteiger partial charge in [-0.1, -0.05) is 41.4 Å². The van der Waals surface area contributed by atoms with Crippen molar-refractivity contribution in [1.82, 2.24) is 4.90 Å². The Hall–Kier alpha value is -1.75. The van der Waals surface area contributed by atoms with Crippen molar-refractivity contribution in [3.05, 3.63) is 64.1 Å². The maximum absolute atomic E-state index is 12.4. The van der Waals surface area contributed by atoms with Gasteiger partial charge in [0.25, 0.3) is 0 Å². The molecule has 0 aliphatic carbocycles. The standard InChI is InChI=1S/C17H16Cl2N2O2/c18-13-8-12(9-14(19)10-13)16-11-21(6-7-23-16)17(22)20-15-4-2-1-3-5-15/h1-5,8-10,16H,6-7,11H2,(H,20,22). The first-order valence-electron chi connectivity index (χ1n) is 7.30. The maximum atomic E-state index is 12.4. The number of halogens is 2. The summed E-state index contributed by atoms with van der Waals surface area (Å²) in [5, 5.41) is 4.00. The van der Waals surface area contributed by atoms with E-state index in [9.17, 15) is 4.79 Å². The Morgan fingerprint density at radius 1 is 1.13 bits per heavy atom. The lowest BCUT2D eigenvalue weighted by Gasteiger charge is -2.33. The molecule has 1 fully saturated rings. The van der Waals surface area contributed by atoms with Gasteiger partial charge in [-0.05, 0) is 35.9 Å². The summed E-state index contributed by atoms with van der Waals surface area (Å²) >= 11 is 12.1.